The smallest absolute Gasteiger partial charge is 0.241 e. The predicted octanol–water partition coefficient (Wildman–Crippen LogP) is 1.26. The minimum atomic E-state index is -0.170. The third-order valence-electron chi connectivity index (χ3n) is 3.12. The Bertz CT molecular complexity index is 433. The zero-order chi connectivity index (χ0) is 13.5. The molecule has 2 rings (SSSR count). The van der Waals surface area contributed by atoms with Crippen molar-refractivity contribution in [3.63, 3.8) is 0 Å². The summed E-state index contributed by atoms with van der Waals surface area (Å²) < 4.78 is 0. The van der Waals surface area contributed by atoms with Crippen molar-refractivity contribution in [3.8, 4) is 0 Å². The van der Waals surface area contributed by atoms with Crippen molar-refractivity contribution in [1.29, 1.82) is 0 Å². The van der Waals surface area contributed by atoms with Gasteiger partial charge >= 0.3 is 0 Å². The summed E-state index contributed by atoms with van der Waals surface area (Å²) in [4.78, 5) is 25.1. The molecule has 0 radical (unpaired) electrons. The standard InChI is InChI=1S/C14H19N3O2.ClH/c18-13(10-15-12-6-2-1-3-7-12)16-11-14(19)17-8-4-5-9-17;/h1-3,6-7,15H,4-5,8-11H2,(H,16,18);1H. The van der Waals surface area contributed by atoms with Crippen molar-refractivity contribution in [3.05, 3.63) is 30.3 Å². The van der Waals surface area contributed by atoms with Gasteiger partial charge < -0.3 is 15.5 Å². The van der Waals surface area contributed by atoms with E-state index in [0.717, 1.165) is 31.6 Å². The van der Waals surface area contributed by atoms with Crippen molar-refractivity contribution in [2.24, 2.45) is 0 Å². The minimum absolute atomic E-state index is 0. The number of carbonyl (C=O) groups is 2. The van der Waals surface area contributed by atoms with Crippen LogP contribution in [0.1, 0.15) is 12.8 Å². The Kier molecular flexibility index (Phi) is 6.87. The molecule has 1 saturated heterocycles. The fourth-order valence-electron chi connectivity index (χ4n) is 2.05. The number of nitrogens with one attached hydrogen (secondary N) is 2. The highest BCUT2D eigenvalue weighted by Gasteiger charge is 2.17. The quantitative estimate of drug-likeness (QED) is 0.860. The summed E-state index contributed by atoms with van der Waals surface area (Å²) in [7, 11) is 0. The number of hydrogen-bond donors (Lipinski definition) is 2. The van der Waals surface area contributed by atoms with Gasteiger partial charge in [0.1, 0.15) is 0 Å². The minimum Gasteiger partial charge on any atom is -0.376 e. The summed E-state index contributed by atoms with van der Waals surface area (Å²) in [5, 5.41) is 5.64. The van der Waals surface area contributed by atoms with Crippen molar-refractivity contribution in [2.75, 3.05) is 31.5 Å². The van der Waals surface area contributed by atoms with Gasteiger partial charge in [0.2, 0.25) is 11.8 Å². The molecule has 0 bridgehead atoms. The van der Waals surface area contributed by atoms with E-state index in [-0.39, 0.29) is 37.3 Å². The van der Waals surface area contributed by atoms with Gasteiger partial charge in [-0.05, 0) is 25.0 Å². The molecule has 1 heterocycles. The van der Waals surface area contributed by atoms with Crippen LogP contribution in [0.5, 0.6) is 0 Å². The SMILES string of the molecule is Cl.O=C(CNc1ccccc1)NCC(=O)N1CCCC1. The number of nitrogens with zero attached hydrogens (tertiary/aromatic N) is 1. The fourth-order valence-corrected chi connectivity index (χ4v) is 2.05. The topological polar surface area (TPSA) is 61.4 Å². The Morgan fingerprint density at radius 3 is 2.35 bits per heavy atom. The first kappa shape index (κ1) is 16.3. The summed E-state index contributed by atoms with van der Waals surface area (Å²) in [6.45, 7) is 1.90. The molecule has 0 spiro atoms. The van der Waals surface area contributed by atoms with Crippen LogP contribution in [0.2, 0.25) is 0 Å². The molecule has 0 atom stereocenters. The Morgan fingerprint density at radius 1 is 1.05 bits per heavy atom. The number of hydrogen-bond acceptors (Lipinski definition) is 3. The Labute approximate surface area is 125 Å². The van der Waals surface area contributed by atoms with Crippen LogP contribution in [-0.2, 0) is 9.59 Å². The van der Waals surface area contributed by atoms with Crippen LogP contribution in [0.25, 0.3) is 0 Å². The molecule has 1 aliphatic heterocycles. The Morgan fingerprint density at radius 2 is 1.70 bits per heavy atom. The number of rotatable bonds is 5. The van der Waals surface area contributed by atoms with Crippen LogP contribution >= 0.6 is 12.4 Å². The van der Waals surface area contributed by atoms with Crippen LogP contribution in [0.15, 0.2) is 30.3 Å². The molecular weight excluding hydrogens is 278 g/mol. The molecule has 2 N–H and O–H groups in total. The van der Waals surface area contributed by atoms with Gasteiger partial charge in [0, 0.05) is 18.8 Å². The zero-order valence-electron chi connectivity index (χ0n) is 11.3. The van der Waals surface area contributed by atoms with Crippen LogP contribution < -0.4 is 10.6 Å². The highest BCUT2D eigenvalue weighted by molar-refractivity contribution is 5.86. The zero-order valence-corrected chi connectivity index (χ0v) is 12.1. The molecule has 20 heavy (non-hydrogen) atoms. The second kappa shape index (κ2) is 8.43. The van der Waals surface area contributed by atoms with E-state index < -0.39 is 0 Å². The van der Waals surface area contributed by atoms with E-state index in [2.05, 4.69) is 10.6 Å². The van der Waals surface area contributed by atoms with E-state index in [1.807, 2.05) is 30.3 Å². The normalized spacial score (nSPS) is 13.5. The highest BCUT2D eigenvalue weighted by atomic mass is 35.5. The van der Waals surface area contributed by atoms with E-state index in [9.17, 15) is 9.59 Å². The van der Waals surface area contributed by atoms with E-state index in [4.69, 9.17) is 0 Å². The summed E-state index contributed by atoms with van der Waals surface area (Å²) in [5.41, 5.74) is 0.892. The number of anilines is 1. The number of amides is 2. The largest absolute Gasteiger partial charge is 0.376 e. The maximum absolute atomic E-state index is 11.7. The molecule has 2 amide bonds. The van der Waals surface area contributed by atoms with Crippen molar-refractivity contribution in [2.45, 2.75) is 12.8 Å². The van der Waals surface area contributed by atoms with E-state index >= 15 is 0 Å². The number of carbonyl (C=O) groups excluding carboxylic acids is 2. The highest BCUT2D eigenvalue weighted by Crippen LogP contribution is 2.06. The predicted molar refractivity (Wildman–Crippen MR) is 81.0 cm³/mol. The molecule has 6 heteroatoms. The lowest BCUT2D eigenvalue weighted by molar-refractivity contribution is -0.131. The van der Waals surface area contributed by atoms with Crippen LogP contribution in [0.4, 0.5) is 5.69 Å². The molecule has 1 fully saturated rings. The fraction of sp³-hybridized carbons (Fsp3) is 0.429. The lowest BCUT2D eigenvalue weighted by atomic mass is 10.3. The first-order valence-electron chi connectivity index (χ1n) is 6.59. The maximum atomic E-state index is 11.7. The van der Waals surface area contributed by atoms with Crippen molar-refractivity contribution >= 4 is 29.9 Å². The lowest BCUT2D eigenvalue weighted by Gasteiger charge is -2.15. The second-order valence-corrected chi connectivity index (χ2v) is 4.58. The van der Waals surface area contributed by atoms with Crippen LogP contribution in [0, 0.1) is 0 Å². The number of para-hydroxylation sites is 1. The summed E-state index contributed by atoms with van der Waals surface area (Å²) in [6, 6.07) is 9.50. The third kappa shape index (κ3) is 5.09. The van der Waals surface area contributed by atoms with Gasteiger partial charge in [-0.3, -0.25) is 9.59 Å². The summed E-state index contributed by atoms with van der Waals surface area (Å²) >= 11 is 0. The van der Waals surface area contributed by atoms with Crippen molar-refractivity contribution < 1.29 is 9.59 Å². The van der Waals surface area contributed by atoms with Gasteiger partial charge in [-0.1, -0.05) is 18.2 Å². The molecule has 0 saturated carbocycles. The molecule has 0 unspecified atom stereocenters. The number of benzene rings is 1. The van der Waals surface area contributed by atoms with Gasteiger partial charge in [0.15, 0.2) is 0 Å². The number of likely N-dealkylation sites (tertiary alicyclic amines) is 1. The van der Waals surface area contributed by atoms with Crippen LogP contribution in [-0.4, -0.2) is 42.9 Å². The molecular formula is C14H20ClN3O2. The van der Waals surface area contributed by atoms with E-state index in [0.29, 0.717) is 0 Å². The van der Waals surface area contributed by atoms with Gasteiger partial charge in [0.25, 0.3) is 0 Å². The molecule has 1 aliphatic rings. The lowest BCUT2D eigenvalue weighted by Crippen LogP contribution is -2.40. The van der Waals surface area contributed by atoms with E-state index in [1.165, 1.54) is 0 Å². The first-order valence-corrected chi connectivity index (χ1v) is 6.59. The van der Waals surface area contributed by atoms with Gasteiger partial charge in [-0.15, -0.1) is 12.4 Å². The average Bonchev–Trinajstić information content (AvgIpc) is 2.98. The van der Waals surface area contributed by atoms with Gasteiger partial charge in [-0.2, -0.15) is 0 Å². The van der Waals surface area contributed by atoms with Gasteiger partial charge in [-0.25, -0.2) is 0 Å². The van der Waals surface area contributed by atoms with Gasteiger partial charge in [0.05, 0.1) is 13.1 Å². The first-order chi connectivity index (χ1) is 9.25. The summed E-state index contributed by atoms with van der Waals surface area (Å²) in [5.74, 6) is -0.165. The molecule has 0 aromatic heterocycles. The summed E-state index contributed by atoms with van der Waals surface area (Å²) in [6.07, 6.45) is 2.13. The third-order valence-corrected chi connectivity index (χ3v) is 3.12. The molecule has 1 aromatic rings. The number of halogens is 1. The maximum Gasteiger partial charge on any atom is 0.241 e. The van der Waals surface area contributed by atoms with Crippen LogP contribution in [0.3, 0.4) is 0 Å². The molecule has 1 aromatic carbocycles. The molecule has 110 valence electrons. The molecule has 0 aliphatic carbocycles. The average molecular weight is 298 g/mol. The van der Waals surface area contributed by atoms with E-state index in [1.54, 1.807) is 4.90 Å². The monoisotopic (exact) mass is 297 g/mol. The van der Waals surface area contributed by atoms with Crippen molar-refractivity contribution in [1.82, 2.24) is 10.2 Å². The molecule has 5 nitrogen and oxygen atoms in total. The Hall–Kier alpha value is -1.75. The second-order valence-electron chi connectivity index (χ2n) is 4.58. The Balaban J connectivity index is 0.00000200.